The second kappa shape index (κ2) is 3.26. The Morgan fingerprint density at radius 2 is 2.08 bits per heavy atom. The second-order valence-electron chi connectivity index (χ2n) is 2.67. The SMILES string of the molecule is Cc1c(Br)cc(N)c(C(=O)O)c1N. The van der Waals surface area contributed by atoms with E-state index in [-0.39, 0.29) is 16.9 Å². The predicted octanol–water partition coefficient (Wildman–Crippen LogP) is 1.62. The van der Waals surface area contributed by atoms with Crippen LogP contribution in [0.1, 0.15) is 15.9 Å². The average molecular weight is 245 g/mol. The number of aromatic carboxylic acids is 1. The van der Waals surface area contributed by atoms with Crippen LogP contribution in [-0.4, -0.2) is 11.1 Å². The van der Waals surface area contributed by atoms with Gasteiger partial charge in [-0.1, -0.05) is 15.9 Å². The molecule has 5 heteroatoms. The Hall–Kier alpha value is -1.23. The molecule has 70 valence electrons. The molecule has 0 aliphatic carbocycles. The van der Waals surface area contributed by atoms with Gasteiger partial charge in [-0.3, -0.25) is 0 Å². The van der Waals surface area contributed by atoms with E-state index in [1.165, 1.54) is 6.07 Å². The number of nitrogens with two attached hydrogens (primary N) is 2. The summed E-state index contributed by atoms with van der Waals surface area (Å²) >= 11 is 3.23. The van der Waals surface area contributed by atoms with Crippen LogP contribution < -0.4 is 11.5 Å². The Balaban J connectivity index is 3.53. The van der Waals surface area contributed by atoms with E-state index in [2.05, 4.69) is 15.9 Å². The number of carboxylic acid groups (broad SMARTS) is 1. The Morgan fingerprint density at radius 3 is 2.54 bits per heavy atom. The Morgan fingerprint density at radius 1 is 1.54 bits per heavy atom. The zero-order chi connectivity index (χ0) is 10.2. The van der Waals surface area contributed by atoms with Gasteiger partial charge in [0.15, 0.2) is 0 Å². The number of anilines is 2. The van der Waals surface area contributed by atoms with Crippen LogP contribution in [0.15, 0.2) is 10.5 Å². The van der Waals surface area contributed by atoms with E-state index in [1.54, 1.807) is 6.92 Å². The van der Waals surface area contributed by atoms with Crippen LogP contribution in [0.4, 0.5) is 11.4 Å². The van der Waals surface area contributed by atoms with Gasteiger partial charge in [-0.15, -0.1) is 0 Å². The van der Waals surface area contributed by atoms with Gasteiger partial charge >= 0.3 is 5.97 Å². The molecule has 0 atom stereocenters. The third-order valence-electron chi connectivity index (χ3n) is 1.82. The maximum atomic E-state index is 10.7. The average Bonchev–Trinajstić information content (AvgIpc) is 1.99. The molecule has 0 aliphatic heterocycles. The van der Waals surface area contributed by atoms with Crippen molar-refractivity contribution in [2.24, 2.45) is 0 Å². The molecule has 0 heterocycles. The summed E-state index contributed by atoms with van der Waals surface area (Å²) in [6, 6.07) is 1.54. The summed E-state index contributed by atoms with van der Waals surface area (Å²) in [4.78, 5) is 10.7. The number of halogens is 1. The van der Waals surface area contributed by atoms with Crippen LogP contribution in [0.2, 0.25) is 0 Å². The van der Waals surface area contributed by atoms with Crippen LogP contribution in [0.5, 0.6) is 0 Å². The standard InChI is InChI=1S/C8H9BrN2O2/c1-3-4(9)2-5(10)6(7(3)11)8(12)13/h2H,10-11H2,1H3,(H,12,13). The molecule has 0 aliphatic rings. The van der Waals surface area contributed by atoms with E-state index in [0.717, 1.165) is 0 Å². The first-order chi connectivity index (χ1) is 5.95. The van der Waals surface area contributed by atoms with Crippen LogP contribution in [0, 0.1) is 6.92 Å². The number of carbonyl (C=O) groups is 1. The third kappa shape index (κ3) is 1.60. The molecule has 5 N–H and O–H groups in total. The van der Waals surface area contributed by atoms with Crippen molar-refractivity contribution < 1.29 is 9.90 Å². The predicted molar refractivity (Wildman–Crippen MR) is 54.7 cm³/mol. The van der Waals surface area contributed by atoms with Gasteiger partial charge < -0.3 is 16.6 Å². The van der Waals surface area contributed by atoms with Gasteiger partial charge in [0.1, 0.15) is 5.56 Å². The van der Waals surface area contributed by atoms with Gasteiger partial charge in [0, 0.05) is 10.2 Å². The molecule has 0 fully saturated rings. The second-order valence-corrected chi connectivity index (χ2v) is 3.52. The van der Waals surface area contributed by atoms with Gasteiger partial charge in [0.25, 0.3) is 0 Å². The Kier molecular flexibility index (Phi) is 2.47. The number of rotatable bonds is 1. The third-order valence-corrected chi connectivity index (χ3v) is 2.64. The molecule has 1 aromatic carbocycles. The van der Waals surface area contributed by atoms with Crippen molar-refractivity contribution in [3.8, 4) is 0 Å². The van der Waals surface area contributed by atoms with E-state index < -0.39 is 5.97 Å². The smallest absolute Gasteiger partial charge is 0.339 e. The first-order valence-electron chi connectivity index (χ1n) is 3.52. The maximum Gasteiger partial charge on any atom is 0.339 e. The summed E-state index contributed by atoms with van der Waals surface area (Å²) in [5.74, 6) is -1.11. The summed E-state index contributed by atoms with van der Waals surface area (Å²) in [5.41, 5.74) is 12.1. The summed E-state index contributed by atoms with van der Waals surface area (Å²) in [6.45, 7) is 1.73. The minimum atomic E-state index is -1.11. The van der Waals surface area contributed by atoms with E-state index >= 15 is 0 Å². The summed E-state index contributed by atoms with van der Waals surface area (Å²) in [5, 5.41) is 8.79. The molecule has 0 unspecified atom stereocenters. The van der Waals surface area contributed by atoms with Crippen molar-refractivity contribution in [2.75, 3.05) is 11.5 Å². The van der Waals surface area contributed by atoms with Crippen molar-refractivity contribution in [1.82, 2.24) is 0 Å². The van der Waals surface area contributed by atoms with E-state index in [4.69, 9.17) is 16.6 Å². The molecule has 1 rings (SSSR count). The highest BCUT2D eigenvalue weighted by molar-refractivity contribution is 9.10. The van der Waals surface area contributed by atoms with E-state index in [9.17, 15) is 4.79 Å². The Labute approximate surface area is 83.7 Å². The van der Waals surface area contributed by atoms with Crippen molar-refractivity contribution >= 4 is 33.3 Å². The number of nitrogen functional groups attached to an aromatic ring is 2. The van der Waals surface area contributed by atoms with Gasteiger partial charge in [0.2, 0.25) is 0 Å². The van der Waals surface area contributed by atoms with Crippen molar-refractivity contribution in [2.45, 2.75) is 6.92 Å². The van der Waals surface area contributed by atoms with Crippen LogP contribution in [-0.2, 0) is 0 Å². The fourth-order valence-electron chi connectivity index (χ4n) is 1.03. The first kappa shape index (κ1) is 9.85. The fourth-order valence-corrected chi connectivity index (χ4v) is 1.49. The lowest BCUT2D eigenvalue weighted by Crippen LogP contribution is -2.08. The maximum absolute atomic E-state index is 10.7. The van der Waals surface area contributed by atoms with Crippen molar-refractivity contribution in [3.05, 3.63) is 21.7 Å². The van der Waals surface area contributed by atoms with Crippen LogP contribution in [0.3, 0.4) is 0 Å². The lowest BCUT2D eigenvalue weighted by Gasteiger charge is -2.09. The topological polar surface area (TPSA) is 89.3 Å². The first-order valence-corrected chi connectivity index (χ1v) is 4.31. The molecule has 4 nitrogen and oxygen atoms in total. The zero-order valence-electron chi connectivity index (χ0n) is 6.97. The zero-order valence-corrected chi connectivity index (χ0v) is 8.55. The number of hydrogen-bond acceptors (Lipinski definition) is 3. The molecule has 0 bridgehead atoms. The van der Waals surface area contributed by atoms with Crippen molar-refractivity contribution in [1.29, 1.82) is 0 Å². The molecule has 0 saturated heterocycles. The lowest BCUT2D eigenvalue weighted by atomic mass is 10.1. The summed E-state index contributed by atoms with van der Waals surface area (Å²) in [7, 11) is 0. The summed E-state index contributed by atoms with van der Waals surface area (Å²) in [6.07, 6.45) is 0. The number of hydrogen-bond donors (Lipinski definition) is 3. The highest BCUT2D eigenvalue weighted by atomic mass is 79.9. The molecule has 0 radical (unpaired) electrons. The normalized spacial score (nSPS) is 10.0. The van der Waals surface area contributed by atoms with Gasteiger partial charge in [-0.05, 0) is 18.6 Å². The van der Waals surface area contributed by atoms with E-state index in [1.807, 2.05) is 0 Å². The van der Waals surface area contributed by atoms with Gasteiger partial charge in [-0.25, -0.2) is 4.79 Å². The molecular formula is C8H9BrN2O2. The monoisotopic (exact) mass is 244 g/mol. The molecule has 13 heavy (non-hydrogen) atoms. The molecule has 1 aromatic rings. The quantitative estimate of drug-likeness (QED) is 0.656. The largest absolute Gasteiger partial charge is 0.478 e. The highest BCUT2D eigenvalue weighted by Gasteiger charge is 2.15. The molecule has 0 amide bonds. The van der Waals surface area contributed by atoms with Crippen LogP contribution in [0.25, 0.3) is 0 Å². The lowest BCUT2D eigenvalue weighted by molar-refractivity contribution is 0.0699. The van der Waals surface area contributed by atoms with E-state index in [0.29, 0.717) is 10.0 Å². The number of benzene rings is 1. The highest BCUT2D eigenvalue weighted by Crippen LogP contribution is 2.30. The Bertz CT molecular complexity index is 377. The minimum Gasteiger partial charge on any atom is -0.478 e. The molecular weight excluding hydrogens is 236 g/mol. The summed E-state index contributed by atoms with van der Waals surface area (Å²) < 4.78 is 0.715. The van der Waals surface area contributed by atoms with Crippen molar-refractivity contribution in [3.63, 3.8) is 0 Å². The molecule has 0 spiro atoms. The molecule has 0 saturated carbocycles. The number of carboxylic acids is 1. The van der Waals surface area contributed by atoms with Gasteiger partial charge in [-0.2, -0.15) is 0 Å². The van der Waals surface area contributed by atoms with Crippen LogP contribution >= 0.6 is 15.9 Å². The fraction of sp³-hybridized carbons (Fsp3) is 0.125. The molecule has 0 aromatic heterocycles. The van der Waals surface area contributed by atoms with Gasteiger partial charge in [0.05, 0.1) is 5.69 Å². The minimum absolute atomic E-state index is 0.0271.